The minimum absolute atomic E-state index is 0.0401. The quantitative estimate of drug-likeness (QED) is 0.249. The number of rotatable bonds is 13. The van der Waals surface area contributed by atoms with E-state index >= 15 is 0 Å². The highest BCUT2D eigenvalue weighted by Gasteiger charge is 2.34. The minimum atomic E-state index is -0.0844. The summed E-state index contributed by atoms with van der Waals surface area (Å²) in [7, 11) is 0. The third-order valence-electron chi connectivity index (χ3n) is 9.17. The normalized spacial score (nSPS) is 18.5. The fraction of sp³-hybridized carbons (Fsp3) is 0.735. The van der Waals surface area contributed by atoms with Gasteiger partial charge < -0.3 is 0 Å². The zero-order chi connectivity index (χ0) is 28.1. The van der Waals surface area contributed by atoms with Crippen LogP contribution in [-0.4, -0.2) is 17.3 Å². The number of ketones is 3. The lowest BCUT2D eigenvalue weighted by molar-refractivity contribution is -0.129. The Hall–Kier alpha value is -1.77. The second kappa shape index (κ2) is 13.3. The maximum atomic E-state index is 13.7. The highest BCUT2D eigenvalue weighted by atomic mass is 16.1. The molecule has 0 aliphatic heterocycles. The van der Waals surface area contributed by atoms with E-state index in [1.807, 2.05) is 0 Å². The molecule has 1 aromatic rings. The van der Waals surface area contributed by atoms with Gasteiger partial charge in [0, 0.05) is 17.9 Å². The molecule has 1 aliphatic carbocycles. The molecule has 1 aliphatic rings. The predicted molar refractivity (Wildman–Crippen MR) is 155 cm³/mol. The molecule has 3 nitrogen and oxygen atoms in total. The molecule has 0 spiro atoms. The summed E-state index contributed by atoms with van der Waals surface area (Å²) in [6, 6.07) is 2.40. The van der Waals surface area contributed by atoms with Crippen LogP contribution in [0, 0.1) is 36.0 Å². The van der Waals surface area contributed by atoms with Crippen molar-refractivity contribution < 1.29 is 14.4 Å². The first-order chi connectivity index (χ1) is 17.2. The fourth-order valence-corrected chi connectivity index (χ4v) is 6.47. The highest BCUT2D eigenvalue weighted by Crippen LogP contribution is 2.40. The van der Waals surface area contributed by atoms with Crippen LogP contribution in [0.2, 0.25) is 0 Å². The molecule has 0 fully saturated rings. The molecule has 0 N–H and O–H groups in total. The average molecular weight is 511 g/mol. The zero-order valence-corrected chi connectivity index (χ0v) is 25.6. The molecule has 37 heavy (non-hydrogen) atoms. The highest BCUT2D eigenvalue weighted by molar-refractivity contribution is 6.01. The van der Waals surface area contributed by atoms with Crippen LogP contribution in [0.5, 0.6) is 0 Å². The molecule has 0 amide bonds. The van der Waals surface area contributed by atoms with Crippen molar-refractivity contribution in [3.63, 3.8) is 0 Å². The SMILES string of the molecule is CCCC(CC1CC(=O)c2c(C)c(CCC(C)C(C)(C)C)cc(C(C)C)c2C1)C(CC)C(=O)CC(C)=O. The van der Waals surface area contributed by atoms with E-state index in [1.165, 1.54) is 29.2 Å². The topological polar surface area (TPSA) is 51.2 Å². The predicted octanol–water partition coefficient (Wildman–Crippen LogP) is 8.86. The van der Waals surface area contributed by atoms with Gasteiger partial charge in [-0.05, 0) is 97.3 Å². The number of carbonyl (C=O) groups excluding carboxylic acids is 3. The van der Waals surface area contributed by atoms with E-state index in [0.717, 1.165) is 50.5 Å². The standard InChI is InChI=1S/C34H54O3/c1-11-13-27(28(12-2)31(36)16-23(6)35)17-25-18-30-29(21(3)4)20-26(15-14-22(5)34(8,9)10)24(7)33(30)32(37)19-25/h20-22,25,27-28H,11-19H2,1-10H3. The lowest BCUT2D eigenvalue weighted by Crippen LogP contribution is -2.30. The number of benzene rings is 1. The Kier molecular flexibility index (Phi) is 11.3. The third-order valence-corrected chi connectivity index (χ3v) is 9.17. The summed E-state index contributed by atoms with van der Waals surface area (Å²) in [5.41, 5.74) is 6.41. The summed E-state index contributed by atoms with van der Waals surface area (Å²) < 4.78 is 0. The molecule has 0 bridgehead atoms. The van der Waals surface area contributed by atoms with E-state index < -0.39 is 0 Å². The Morgan fingerprint density at radius 3 is 2.22 bits per heavy atom. The molecule has 208 valence electrons. The summed E-state index contributed by atoms with van der Waals surface area (Å²) >= 11 is 0. The molecule has 0 saturated carbocycles. The van der Waals surface area contributed by atoms with E-state index in [9.17, 15) is 14.4 Å². The first-order valence-electron chi connectivity index (χ1n) is 14.9. The summed E-state index contributed by atoms with van der Waals surface area (Å²) in [5.74, 6) is 1.72. The number of hydrogen-bond acceptors (Lipinski definition) is 3. The van der Waals surface area contributed by atoms with E-state index in [0.29, 0.717) is 18.3 Å². The maximum Gasteiger partial charge on any atom is 0.163 e. The van der Waals surface area contributed by atoms with Crippen molar-refractivity contribution >= 4 is 17.3 Å². The summed E-state index contributed by atoms with van der Waals surface area (Å²) in [5, 5.41) is 0. The molecule has 4 unspecified atom stereocenters. The van der Waals surface area contributed by atoms with Crippen LogP contribution >= 0.6 is 0 Å². The third kappa shape index (κ3) is 8.11. The summed E-state index contributed by atoms with van der Waals surface area (Å²) in [4.78, 5) is 38.3. The monoisotopic (exact) mass is 510 g/mol. The largest absolute Gasteiger partial charge is 0.300 e. The molecule has 0 radical (unpaired) electrons. The van der Waals surface area contributed by atoms with Crippen molar-refractivity contribution in [2.24, 2.45) is 29.1 Å². The molecule has 4 atom stereocenters. The fourth-order valence-electron chi connectivity index (χ4n) is 6.47. The molecule has 0 aromatic heterocycles. The Morgan fingerprint density at radius 1 is 1.05 bits per heavy atom. The van der Waals surface area contributed by atoms with Crippen molar-refractivity contribution in [1.29, 1.82) is 0 Å². The van der Waals surface area contributed by atoms with Gasteiger partial charge in [-0.1, -0.05) is 74.3 Å². The van der Waals surface area contributed by atoms with Crippen molar-refractivity contribution in [1.82, 2.24) is 0 Å². The number of Topliss-reactive ketones (excluding diaryl/α,β-unsaturated/α-hetero) is 3. The van der Waals surface area contributed by atoms with Gasteiger partial charge in [0.2, 0.25) is 0 Å². The molecule has 0 saturated heterocycles. The van der Waals surface area contributed by atoms with Gasteiger partial charge in [0.25, 0.3) is 0 Å². The summed E-state index contributed by atoms with van der Waals surface area (Å²) in [6.45, 7) is 21.6. The Balaban J connectivity index is 2.36. The average Bonchev–Trinajstić information content (AvgIpc) is 2.77. The number of aryl methyl sites for hydroxylation is 1. The van der Waals surface area contributed by atoms with Gasteiger partial charge in [0.1, 0.15) is 11.6 Å². The molecule has 3 heteroatoms. The van der Waals surface area contributed by atoms with Crippen molar-refractivity contribution in [2.75, 3.05) is 0 Å². The van der Waals surface area contributed by atoms with Crippen molar-refractivity contribution in [3.8, 4) is 0 Å². The Morgan fingerprint density at radius 2 is 1.70 bits per heavy atom. The van der Waals surface area contributed by atoms with Crippen LogP contribution in [-0.2, 0) is 22.4 Å². The van der Waals surface area contributed by atoms with Crippen molar-refractivity contribution in [3.05, 3.63) is 33.9 Å². The molecule has 0 heterocycles. The van der Waals surface area contributed by atoms with Crippen LogP contribution in [0.1, 0.15) is 146 Å². The molecular formula is C34H54O3. The van der Waals surface area contributed by atoms with E-state index in [2.05, 4.69) is 68.4 Å². The van der Waals surface area contributed by atoms with Crippen LogP contribution in [0.3, 0.4) is 0 Å². The lowest BCUT2D eigenvalue weighted by atomic mass is 9.70. The second-order valence-electron chi connectivity index (χ2n) is 13.4. The number of hydrogen-bond donors (Lipinski definition) is 0. The van der Waals surface area contributed by atoms with Crippen LogP contribution < -0.4 is 0 Å². The maximum absolute atomic E-state index is 13.7. The second-order valence-corrected chi connectivity index (χ2v) is 13.4. The first kappa shape index (κ1) is 31.4. The minimum Gasteiger partial charge on any atom is -0.300 e. The Labute approximate surface area is 227 Å². The van der Waals surface area contributed by atoms with Gasteiger partial charge in [-0.15, -0.1) is 0 Å². The van der Waals surface area contributed by atoms with E-state index in [1.54, 1.807) is 0 Å². The Bertz CT molecular complexity index is 962. The van der Waals surface area contributed by atoms with Gasteiger partial charge in [-0.25, -0.2) is 0 Å². The molecular weight excluding hydrogens is 456 g/mol. The number of carbonyl (C=O) groups is 3. The lowest BCUT2D eigenvalue weighted by Gasteiger charge is -2.34. The van der Waals surface area contributed by atoms with Gasteiger partial charge in [0.15, 0.2) is 5.78 Å². The molecule has 2 rings (SSSR count). The van der Waals surface area contributed by atoms with Gasteiger partial charge >= 0.3 is 0 Å². The number of fused-ring (bicyclic) bond motifs is 1. The van der Waals surface area contributed by atoms with Crippen LogP contribution in [0.15, 0.2) is 6.07 Å². The van der Waals surface area contributed by atoms with Gasteiger partial charge in [-0.2, -0.15) is 0 Å². The van der Waals surface area contributed by atoms with Crippen molar-refractivity contribution in [2.45, 2.75) is 133 Å². The van der Waals surface area contributed by atoms with Crippen LogP contribution in [0.4, 0.5) is 0 Å². The van der Waals surface area contributed by atoms with Crippen LogP contribution in [0.25, 0.3) is 0 Å². The zero-order valence-electron chi connectivity index (χ0n) is 25.6. The smallest absolute Gasteiger partial charge is 0.163 e. The van der Waals surface area contributed by atoms with E-state index in [-0.39, 0.29) is 46.9 Å². The van der Waals surface area contributed by atoms with Gasteiger partial charge in [0.05, 0.1) is 6.42 Å². The molecule has 1 aromatic carbocycles. The van der Waals surface area contributed by atoms with E-state index in [4.69, 9.17) is 0 Å². The summed E-state index contributed by atoms with van der Waals surface area (Å²) in [6.07, 6.45) is 7.32. The van der Waals surface area contributed by atoms with Gasteiger partial charge in [-0.3, -0.25) is 14.4 Å². The first-order valence-corrected chi connectivity index (χ1v) is 14.9.